The maximum atomic E-state index is 12.5. The Morgan fingerprint density at radius 1 is 0.778 bits per heavy atom. The summed E-state index contributed by atoms with van der Waals surface area (Å²) < 4.78 is 0. The quantitative estimate of drug-likeness (QED) is 0.890. The first-order valence-corrected chi connectivity index (χ1v) is 10.4. The molecule has 3 amide bonds. The van der Waals surface area contributed by atoms with Crippen molar-refractivity contribution in [1.29, 1.82) is 0 Å². The van der Waals surface area contributed by atoms with Crippen LogP contribution in [0.25, 0.3) is 0 Å². The van der Waals surface area contributed by atoms with E-state index < -0.39 is 0 Å². The summed E-state index contributed by atoms with van der Waals surface area (Å²) in [4.78, 5) is 31.3. The Bertz CT molecular complexity index is 655. The molecule has 0 aromatic heterocycles. The first-order chi connectivity index (χ1) is 13.2. The van der Waals surface area contributed by atoms with Gasteiger partial charge in [0.05, 0.1) is 0 Å². The lowest BCUT2D eigenvalue weighted by Crippen LogP contribution is -2.47. The standard InChI is InChI=1S/C21H30N4O2/c26-20(24-13-3-4-14-24)17-5-7-18(8-6-17)22-21(27)25-15-9-19(10-16-25)23-11-1-2-12-23/h5-8,19H,1-4,9-16H2,(H,22,27). The second-order valence-electron chi connectivity index (χ2n) is 7.97. The number of piperidine rings is 1. The Labute approximate surface area is 161 Å². The summed E-state index contributed by atoms with van der Waals surface area (Å²) in [6, 6.07) is 7.91. The molecule has 27 heavy (non-hydrogen) atoms. The summed E-state index contributed by atoms with van der Waals surface area (Å²) in [5.41, 5.74) is 1.45. The van der Waals surface area contributed by atoms with Crippen LogP contribution in [0, 0.1) is 0 Å². The number of carbonyl (C=O) groups excluding carboxylic acids is 2. The largest absolute Gasteiger partial charge is 0.339 e. The Kier molecular flexibility index (Phi) is 5.62. The van der Waals surface area contributed by atoms with Gasteiger partial charge in [0.2, 0.25) is 0 Å². The van der Waals surface area contributed by atoms with Crippen molar-refractivity contribution < 1.29 is 9.59 Å². The van der Waals surface area contributed by atoms with E-state index in [4.69, 9.17) is 0 Å². The molecular formula is C21H30N4O2. The van der Waals surface area contributed by atoms with Crippen LogP contribution < -0.4 is 5.32 Å². The van der Waals surface area contributed by atoms with Crippen LogP contribution in [0.4, 0.5) is 10.5 Å². The van der Waals surface area contributed by atoms with Crippen LogP contribution in [0.3, 0.4) is 0 Å². The number of carbonyl (C=O) groups is 2. The molecule has 3 aliphatic rings. The number of likely N-dealkylation sites (tertiary alicyclic amines) is 3. The Morgan fingerprint density at radius 2 is 1.37 bits per heavy atom. The van der Waals surface area contributed by atoms with Gasteiger partial charge in [0.25, 0.3) is 5.91 Å². The van der Waals surface area contributed by atoms with Gasteiger partial charge < -0.3 is 20.0 Å². The maximum absolute atomic E-state index is 12.5. The zero-order valence-electron chi connectivity index (χ0n) is 16.0. The number of nitrogens with zero attached hydrogens (tertiary/aromatic N) is 3. The monoisotopic (exact) mass is 370 g/mol. The third-order valence-corrected chi connectivity index (χ3v) is 6.19. The summed E-state index contributed by atoms with van der Waals surface area (Å²) in [6.07, 6.45) is 6.95. The highest BCUT2D eigenvalue weighted by Crippen LogP contribution is 2.22. The zero-order chi connectivity index (χ0) is 18.6. The highest BCUT2D eigenvalue weighted by molar-refractivity contribution is 5.95. The maximum Gasteiger partial charge on any atom is 0.321 e. The van der Waals surface area contributed by atoms with E-state index in [2.05, 4.69) is 10.2 Å². The van der Waals surface area contributed by atoms with Gasteiger partial charge in [0.1, 0.15) is 0 Å². The van der Waals surface area contributed by atoms with Gasteiger partial charge in [-0.25, -0.2) is 4.79 Å². The summed E-state index contributed by atoms with van der Waals surface area (Å²) in [7, 11) is 0. The average molecular weight is 370 g/mol. The van der Waals surface area contributed by atoms with Crippen LogP contribution in [0.5, 0.6) is 0 Å². The molecule has 1 aromatic rings. The fraction of sp³-hybridized carbons (Fsp3) is 0.619. The number of urea groups is 1. The van der Waals surface area contributed by atoms with Crippen LogP contribution in [0.2, 0.25) is 0 Å². The van der Waals surface area contributed by atoms with Crippen molar-refractivity contribution in [3.05, 3.63) is 29.8 Å². The van der Waals surface area contributed by atoms with Gasteiger partial charge in [-0.2, -0.15) is 0 Å². The zero-order valence-corrected chi connectivity index (χ0v) is 16.0. The van der Waals surface area contributed by atoms with Gasteiger partial charge in [-0.1, -0.05) is 0 Å². The molecular weight excluding hydrogens is 340 g/mol. The minimum absolute atomic E-state index is 0.0338. The van der Waals surface area contributed by atoms with Crippen molar-refractivity contribution in [3.8, 4) is 0 Å². The van der Waals surface area contributed by atoms with E-state index in [1.54, 1.807) is 0 Å². The van der Waals surface area contributed by atoms with Crippen LogP contribution >= 0.6 is 0 Å². The molecule has 0 atom stereocenters. The lowest BCUT2D eigenvalue weighted by molar-refractivity contribution is 0.0793. The van der Waals surface area contributed by atoms with E-state index in [0.29, 0.717) is 11.6 Å². The summed E-state index contributed by atoms with van der Waals surface area (Å²) in [5, 5.41) is 2.98. The number of amides is 3. The molecule has 3 aliphatic heterocycles. The van der Waals surface area contributed by atoms with Crippen molar-refractivity contribution in [1.82, 2.24) is 14.7 Å². The third-order valence-electron chi connectivity index (χ3n) is 6.19. The highest BCUT2D eigenvalue weighted by atomic mass is 16.2. The molecule has 3 fully saturated rings. The van der Waals surface area contributed by atoms with E-state index in [9.17, 15) is 9.59 Å². The number of nitrogens with one attached hydrogen (secondary N) is 1. The average Bonchev–Trinajstić information content (AvgIpc) is 3.42. The lowest BCUT2D eigenvalue weighted by Gasteiger charge is -2.36. The molecule has 0 aliphatic carbocycles. The topological polar surface area (TPSA) is 55.9 Å². The molecule has 3 saturated heterocycles. The molecule has 6 nitrogen and oxygen atoms in total. The first kappa shape index (κ1) is 18.3. The van der Waals surface area contributed by atoms with Crippen LogP contribution in [-0.2, 0) is 0 Å². The van der Waals surface area contributed by atoms with E-state index in [-0.39, 0.29) is 11.9 Å². The highest BCUT2D eigenvalue weighted by Gasteiger charge is 2.28. The molecule has 0 saturated carbocycles. The van der Waals surface area contributed by atoms with Gasteiger partial charge >= 0.3 is 6.03 Å². The summed E-state index contributed by atoms with van der Waals surface area (Å²) >= 11 is 0. The summed E-state index contributed by atoms with van der Waals surface area (Å²) in [5.74, 6) is 0.0920. The SMILES string of the molecule is O=C(Nc1ccc(C(=O)N2CCCC2)cc1)N1CCC(N2CCCC2)CC1. The van der Waals surface area contributed by atoms with E-state index in [1.165, 1.54) is 25.9 Å². The number of hydrogen-bond acceptors (Lipinski definition) is 3. The van der Waals surface area contributed by atoms with Crippen molar-refractivity contribution >= 4 is 17.6 Å². The number of anilines is 1. The normalized spacial score (nSPS) is 21.6. The summed E-state index contributed by atoms with van der Waals surface area (Å²) in [6.45, 7) is 5.78. The molecule has 146 valence electrons. The van der Waals surface area contributed by atoms with Gasteiger partial charge in [0.15, 0.2) is 0 Å². The Balaban J connectivity index is 1.27. The lowest BCUT2D eigenvalue weighted by atomic mass is 10.0. The van der Waals surface area contributed by atoms with E-state index >= 15 is 0 Å². The van der Waals surface area contributed by atoms with Gasteiger partial charge in [-0.3, -0.25) is 4.79 Å². The minimum Gasteiger partial charge on any atom is -0.339 e. The Morgan fingerprint density at radius 3 is 2.00 bits per heavy atom. The predicted molar refractivity (Wildman–Crippen MR) is 106 cm³/mol. The smallest absolute Gasteiger partial charge is 0.321 e. The molecule has 0 unspecified atom stereocenters. The molecule has 0 bridgehead atoms. The fourth-order valence-corrected chi connectivity index (χ4v) is 4.54. The molecule has 4 rings (SSSR count). The van der Waals surface area contributed by atoms with Crippen molar-refractivity contribution in [2.75, 3.05) is 44.6 Å². The fourth-order valence-electron chi connectivity index (χ4n) is 4.54. The predicted octanol–water partition coefficient (Wildman–Crippen LogP) is 3.01. The second kappa shape index (κ2) is 8.30. The molecule has 1 aromatic carbocycles. The van der Waals surface area contributed by atoms with E-state index in [0.717, 1.165) is 57.5 Å². The molecule has 0 radical (unpaired) electrons. The van der Waals surface area contributed by atoms with Crippen molar-refractivity contribution in [2.24, 2.45) is 0 Å². The molecule has 6 heteroatoms. The van der Waals surface area contributed by atoms with Crippen molar-refractivity contribution in [2.45, 2.75) is 44.6 Å². The third kappa shape index (κ3) is 4.26. The minimum atomic E-state index is -0.0338. The molecule has 1 N–H and O–H groups in total. The van der Waals surface area contributed by atoms with Crippen molar-refractivity contribution in [3.63, 3.8) is 0 Å². The van der Waals surface area contributed by atoms with E-state index in [1.807, 2.05) is 34.1 Å². The van der Waals surface area contributed by atoms with Gasteiger partial charge in [-0.05, 0) is 75.9 Å². The Hall–Kier alpha value is -2.08. The first-order valence-electron chi connectivity index (χ1n) is 10.4. The van der Waals surface area contributed by atoms with Crippen LogP contribution in [0.15, 0.2) is 24.3 Å². The van der Waals surface area contributed by atoms with Crippen LogP contribution in [-0.4, -0.2) is 71.9 Å². The van der Waals surface area contributed by atoms with Crippen LogP contribution in [0.1, 0.15) is 48.9 Å². The number of rotatable bonds is 3. The molecule has 0 spiro atoms. The van der Waals surface area contributed by atoms with Gasteiger partial charge in [0, 0.05) is 43.5 Å². The number of benzene rings is 1. The molecule has 3 heterocycles. The number of hydrogen-bond donors (Lipinski definition) is 1. The second-order valence-corrected chi connectivity index (χ2v) is 7.97. The van der Waals surface area contributed by atoms with Gasteiger partial charge in [-0.15, -0.1) is 0 Å².